The Kier molecular flexibility index (Phi) is 6.93. The molecule has 1 heterocycles. The largest absolute Gasteiger partial charge is 0.504 e. The van der Waals surface area contributed by atoms with E-state index >= 15 is 0 Å². The Labute approximate surface area is 168 Å². The van der Waals surface area contributed by atoms with Gasteiger partial charge in [0.15, 0.2) is 17.3 Å². The summed E-state index contributed by atoms with van der Waals surface area (Å²) in [5.41, 5.74) is 0.915. The van der Waals surface area contributed by atoms with Crippen LogP contribution in [0.4, 0.5) is 5.69 Å². The fourth-order valence-electron chi connectivity index (χ4n) is 2.66. The third kappa shape index (κ3) is 4.90. The molecule has 0 bridgehead atoms. The predicted octanol–water partition coefficient (Wildman–Crippen LogP) is 2.24. The van der Waals surface area contributed by atoms with E-state index in [0.29, 0.717) is 23.4 Å². The van der Waals surface area contributed by atoms with E-state index in [-0.39, 0.29) is 35.3 Å². The molecule has 0 aliphatic carbocycles. The number of anilines is 1. The van der Waals surface area contributed by atoms with Crippen LogP contribution in [0.3, 0.4) is 0 Å². The average Bonchev–Trinajstić information content (AvgIpc) is 2.71. The first-order chi connectivity index (χ1) is 13.8. The van der Waals surface area contributed by atoms with Crippen LogP contribution in [0, 0.1) is 12.3 Å². The molecule has 2 amide bonds. The first-order valence-electron chi connectivity index (χ1n) is 8.69. The van der Waals surface area contributed by atoms with E-state index in [1.54, 1.807) is 6.92 Å². The van der Waals surface area contributed by atoms with Gasteiger partial charge in [-0.1, -0.05) is 0 Å². The van der Waals surface area contributed by atoms with Gasteiger partial charge in [-0.3, -0.25) is 9.59 Å². The van der Waals surface area contributed by atoms with Gasteiger partial charge in [-0.25, -0.2) is 0 Å². The van der Waals surface area contributed by atoms with Gasteiger partial charge in [0.25, 0.3) is 11.8 Å². The van der Waals surface area contributed by atoms with Crippen molar-refractivity contribution >= 4 is 17.5 Å². The Bertz CT molecular complexity index is 952. The monoisotopic (exact) mass is 398 g/mol. The minimum Gasteiger partial charge on any atom is -0.504 e. The number of hydrogen-bond donors (Lipinski definition) is 3. The van der Waals surface area contributed by atoms with Crippen LogP contribution in [-0.4, -0.2) is 47.7 Å². The van der Waals surface area contributed by atoms with Crippen molar-refractivity contribution in [3.8, 4) is 23.8 Å². The summed E-state index contributed by atoms with van der Waals surface area (Å²) >= 11 is 0. The van der Waals surface area contributed by atoms with Crippen molar-refractivity contribution in [2.75, 3.05) is 26.1 Å². The molecule has 0 aromatic heterocycles. The highest BCUT2D eigenvalue weighted by atomic mass is 16.5. The van der Waals surface area contributed by atoms with E-state index in [2.05, 4.69) is 11.2 Å². The molecule has 0 radical (unpaired) electrons. The fourth-order valence-corrected chi connectivity index (χ4v) is 2.66. The van der Waals surface area contributed by atoms with E-state index in [1.165, 1.54) is 49.6 Å². The number of carbonyl (C=O) groups excluding carboxylic acids is 2. The van der Waals surface area contributed by atoms with E-state index in [4.69, 9.17) is 15.9 Å². The Hall–Kier alpha value is -3.86. The van der Waals surface area contributed by atoms with Gasteiger partial charge in [0.1, 0.15) is 0 Å². The van der Waals surface area contributed by atoms with Crippen LogP contribution < -0.4 is 5.32 Å². The van der Waals surface area contributed by atoms with E-state index in [1.807, 2.05) is 0 Å². The third-order valence-corrected chi connectivity index (χ3v) is 4.18. The van der Waals surface area contributed by atoms with Crippen molar-refractivity contribution in [2.45, 2.75) is 13.3 Å². The van der Waals surface area contributed by atoms with E-state index in [9.17, 15) is 19.8 Å². The second kappa shape index (κ2) is 9.37. The molecule has 1 aliphatic rings. The lowest BCUT2D eigenvalue weighted by atomic mass is 9.99. The third-order valence-electron chi connectivity index (χ3n) is 4.18. The van der Waals surface area contributed by atoms with Gasteiger partial charge in [0.2, 0.25) is 5.76 Å². The van der Waals surface area contributed by atoms with Crippen molar-refractivity contribution in [2.24, 2.45) is 0 Å². The normalized spacial score (nSPS) is 15.9. The maximum absolute atomic E-state index is 12.7. The highest BCUT2D eigenvalue weighted by Gasteiger charge is 2.27. The van der Waals surface area contributed by atoms with Gasteiger partial charge in [-0.15, -0.1) is 6.42 Å². The molecule has 0 atom stereocenters. The predicted molar refractivity (Wildman–Crippen MR) is 106 cm³/mol. The number of hydrogen-bond acceptors (Lipinski definition) is 6. The molecule has 1 aromatic rings. The molecule has 2 rings (SSSR count). The number of terminal acetylenes is 1. The number of rotatable bonds is 6. The van der Waals surface area contributed by atoms with Crippen LogP contribution >= 0.6 is 0 Å². The Morgan fingerprint density at radius 3 is 2.59 bits per heavy atom. The summed E-state index contributed by atoms with van der Waals surface area (Å²) in [5.74, 6) is 1.25. The summed E-state index contributed by atoms with van der Waals surface area (Å²) in [4.78, 5) is 26.8. The number of ether oxygens (including phenoxy) is 2. The van der Waals surface area contributed by atoms with Crippen molar-refractivity contribution in [1.82, 2.24) is 4.90 Å². The smallest absolute Gasteiger partial charge is 0.254 e. The molecule has 0 spiro atoms. The zero-order chi connectivity index (χ0) is 21.6. The van der Waals surface area contributed by atoms with E-state index in [0.717, 1.165) is 0 Å². The first-order valence-corrected chi connectivity index (χ1v) is 8.69. The summed E-state index contributed by atoms with van der Waals surface area (Å²) in [5, 5.41) is 21.6. The van der Waals surface area contributed by atoms with Crippen LogP contribution in [0.5, 0.6) is 11.5 Å². The van der Waals surface area contributed by atoms with Crippen LogP contribution in [0.2, 0.25) is 0 Å². The minimum absolute atomic E-state index is 0.0413. The molecule has 3 N–H and O–H groups in total. The zero-order valence-corrected chi connectivity index (χ0v) is 16.4. The number of phenolic OH excluding ortho intramolecular Hbond substituents is 2. The first kappa shape index (κ1) is 21.4. The summed E-state index contributed by atoms with van der Waals surface area (Å²) in [6.45, 7) is 2.13. The highest BCUT2D eigenvalue weighted by Crippen LogP contribution is 2.29. The van der Waals surface area contributed by atoms with Crippen molar-refractivity contribution in [1.29, 1.82) is 0 Å². The number of benzene rings is 1. The molecule has 1 aliphatic heterocycles. The minimum atomic E-state index is -0.459. The van der Waals surface area contributed by atoms with Crippen molar-refractivity contribution < 1.29 is 29.3 Å². The lowest BCUT2D eigenvalue weighted by molar-refractivity contribution is -0.125. The zero-order valence-electron chi connectivity index (χ0n) is 16.4. The number of amides is 2. The van der Waals surface area contributed by atoms with Gasteiger partial charge >= 0.3 is 0 Å². The molecule has 1 aromatic carbocycles. The number of phenols is 2. The van der Waals surface area contributed by atoms with Crippen LogP contribution in [0.25, 0.3) is 0 Å². The Morgan fingerprint density at radius 1 is 1.31 bits per heavy atom. The van der Waals surface area contributed by atoms with Crippen LogP contribution in [-0.2, 0) is 19.1 Å². The lowest BCUT2D eigenvalue weighted by Crippen LogP contribution is -2.33. The molecular weight excluding hydrogens is 376 g/mol. The average molecular weight is 398 g/mol. The summed E-state index contributed by atoms with van der Waals surface area (Å²) in [7, 11) is 2.79. The second-order valence-electron chi connectivity index (χ2n) is 6.00. The number of methoxy groups -OCH3 is 2. The molecule has 29 heavy (non-hydrogen) atoms. The van der Waals surface area contributed by atoms with Crippen molar-refractivity contribution in [3.05, 3.63) is 53.1 Å². The van der Waals surface area contributed by atoms with Gasteiger partial charge in [0, 0.05) is 42.1 Å². The molecular formula is C21H22N2O6. The Morgan fingerprint density at radius 2 is 2.03 bits per heavy atom. The second-order valence-corrected chi connectivity index (χ2v) is 6.00. The highest BCUT2D eigenvalue weighted by molar-refractivity contribution is 6.08. The molecule has 0 saturated heterocycles. The number of nitrogens with one attached hydrogen (secondary N) is 1. The lowest BCUT2D eigenvalue weighted by Gasteiger charge is -2.25. The van der Waals surface area contributed by atoms with Crippen LogP contribution in [0.1, 0.15) is 13.3 Å². The SMILES string of the molecule is C#C/C(OC)=C(\C=C1/CC(C(=O)Nc2ccc(O)c(O)c2)=CN(CC)C1=O)OC. The number of nitrogens with zero attached hydrogens (tertiary/aromatic N) is 1. The maximum atomic E-state index is 12.7. The number of carbonyl (C=O) groups is 2. The number of aromatic hydroxyl groups is 2. The molecule has 8 nitrogen and oxygen atoms in total. The molecule has 0 unspecified atom stereocenters. The van der Waals surface area contributed by atoms with Crippen molar-refractivity contribution in [3.63, 3.8) is 0 Å². The topological polar surface area (TPSA) is 108 Å². The van der Waals surface area contributed by atoms with Gasteiger partial charge in [0.05, 0.1) is 14.2 Å². The summed E-state index contributed by atoms with van der Waals surface area (Å²) < 4.78 is 10.3. The Balaban J connectivity index is 2.35. The van der Waals surface area contributed by atoms with Crippen LogP contribution in [0.15, 0.2) is 53.1 Å². The van der Waals surface area contributed by atoms with Gasteiger partial charge in [-0.2, -0.15) is 0 Å². The molecule has 8 heteroatoms. The number of allylic oxidation sites excluding steroid dienone is 2. The van der Waals surface area contributed by atoms with Gasteiger partial charge < -0.3 is 29.9 Å². The quantitative estimate of drug-likeness (QED) is 0.223. The fraction of sp³-hybridized carbons (Fsp3) is 0.238. The standard InChI is InChI=1S/C21H22N2O6/c1-5-18(28-3)19(29-4)10-13-9-14(12-23(6-2)21(13)27)20(26)22-15-7-8-16(24)17(25)11-15/h1,7-8,10-12,24-25H,6,9H2,2-4H3,(H,22,26)/b13-10+,19-18-. The molecule has 0 fully saturated rings. The van der Waals surface area contributed by atoms with Gasteiger partial charge in [-0.05, 0) is 31.1 Å². The molecule has 0 saturated carbocycles. The molecule has 152 valence electrons. The van der Waals surface area contributed by atoms with E-state index < -0.39 is 5.91 Å². The maximum Gasteiger partial charge on any atom is 0.254 e. The summed E-state index contributed by atoms with van der Waals surface area (Å²) in [6, 6.07) is 3.92. The number of likely N-dealkylation sites (N-methyl/N-ethyl adjacent to an activating group) is 1. The summed E-state index contributed by atoms with van der Waals surface area (Å²) in [6.07, 6.45) is 8.36.